The van der Waals surface area contributed by atoms with E-state index in [-0.39, 0.29) is 0 Å². The molecule has 0 bridgehead atoms. The Labute approximate surface area is 135 Å². The number of piperazine rings is 1. The highest BCUT2D eigenvalue weighted by molar-refractivity contribution is 9.10. The van der Waals surface area contributed by atoms with Crippen LogP contribution in [0.1, 0.15) is 0 Å². The molecule has 1 fully saturated rings. The van der Waals surface area contributed by atoms with Gasteiger partial charge in [-0.25, -0.2) is 0 Å². The van der Waals surface area contributed by atoms with E-state index in [1.54, 1.807) is 0 Å². The average molecular weight is 398 g/mol. The molecule has 4 nitrogen and oxygen atoms in total. The Balaban J connectivity index is 1.66. The summed E-state index contributed by atoms with van der Waals surface area (Å²) in [7, 11) is 0. The Morgan fingerprint density at radius 1 is 0.850 bits per heavy atom. The maximum absolute atomic E-state index is 4.22. The van der Waals surface area contributed by atoms with Crippen molar-refractivity contribution in [2.24, 2.45) is 0 Å². The lowest BCUT2D eigenvalue weighted by Gasteiger charge is -2.36. The topological polar surface area (TPSA) is 32.3 Å². The minimum Gasteiger partial charge on any atom is -0.368 e. The first-order valence-electron chi connectivity index (χ1n) is 6.47. The van der Waals surface area contributed by atoms with E-state index in [0.717, 1.165) is 41.1 Å². The molecule has 20 heavy (non-hydrogen) atoms. The largest absolute Gasteiger partial charge is 0.368 e. The van der Waals surface area contributed by atoms with Gasteiger partial charge in [-0.05, 0) is 46.3 Å². The van der Waals surface area contributed by atoms with Gasteiger partial charge in [0.25, 0.3) is 0 Å². The van der Waals surface area contributed by atoms with Gasteiger partial charge in [0.2, 0.25) is 0 Å². The van der Waals surface area contributed by atoms with Crippen molar-refractivity contribution in [3.63, 3.8) is 0 Å². The molecule has 0 atom stereocenters. The van der Waals surface area contributed by atoms with Crippen molar-refractivity contribution in [1.29, 1.82) is 0 Å². The normalized spacial score (nSPS) is 15.5. The van der Waals surface area contributed by atoms with Gasteiger partial charge < -0.3 is 9.80 Å². The van der Waals surface area contributed by atoms with Gasteiger partial charge in [-0.2, -0.15) is 0 Å². The summed E-state index contributed by atoms with van der Waals surface area (Å²) >= 11 is 6.84. The first-order chi connectivity index (χ1) is 9.72. The molecule has 0 unspecified atom stereocenters. The number of benzene rings is 1. The number of aromatic nitrogens is 2. The molecule has 6 heteroatoms. The van der Waals surface area contributed by atoms with E-state index in [2.05, 4.69) is 76.1 Å². The molecule has 0 saturated carbocycles. The van der Waals surface area contributed by atoms with E-state index in [1.165, 1.54) is 5.69 Å². The number of nitrogens with zero attached hydrogens (tertiary/aromatic N) is 4. The second-order valence-electron chi connectivity index (χ2n) is 4.67. The highest BCUT2D eigenvalue weighted by Crippen LogP contribution is 2.22. The standard InChI is InChI=1S/C14H14Br2N4/c15-11-2-1-3-12(10-11)19-6-8-20(9-7-19)14-5-4-13(16)17-18-14/h1-5,10H,6-9H2. The molecule has 1 aromatic heterocycles. The van der Waals surface area contributed by atoms with Crippen LogP contribution in [-0.2, 0) is 0 Å². The maximum atomic E-state index is 4.22. The quantitative estimate of drug-likeness (QED) is 0.777. The Hall–Kier alpha value is -1.14. The van der Waals surface area contributed by atoms with Gasteiger partial charge in [0.1, 0.15) is 4.60 Å². The summed E-state index contributed by atoms with van der Waals surface area (Å²) < 4.78 is 1.89. The summed E-state index contributed by atoms with van der Waals surface area (Å²) in [6.07, 6.45) is 0. The summed E-state index contributed by atoms with van der Waals surface area (Å²) in [6, 6.07) is 12.4. The van der Waals surface area contributed by atoms with Gasteiger partial charge in [-0.1, -0.05) is 22.0 Å². The highest BCUT2D eigenvalue weighted by Gasteiger charge is 2.18. The monoisotopic (exact) mass is 396 g/mol. The highest BCUT2D eigenvalue weighted by atomic mass is 79.9. The molecule has 0 aliphatic carbocycles. The maximum Gasteiger partial charge on any atom is 0.151 e. The summed E-state index contributed by atoms with van der Waals surface area (Å²) in [4.78, 5) is 4.67. The van der Waals surface area contributed by atoms with Crippen LogP contribution in [-0.4, -0.2) is 36.4 Å². The number of rotatable bonds is 2. The van der Waals surface area contributed by atoms with Crippen molar-refractivity contribution in [3.8, 4) is 0 Å². The van der Waals surface area contributed by atoms with E-state index in [0.29, 0.717) is 0 Å². The molecule has 104 valence electrons. The Bertz CT molecular complexity index is 580. The molecular weight excluding hydrogens is 384 g/mol. The molecule has 0 spiro atoms. The smallest absolute Gasteiger partial charge is 0.151 e. The number of hydrogen-bond acceptors (Lipinski definition) is 4. The van der Waals surface area contributed by atoms with Crippen LogP contribution >= 0.6 is 31.9 Å². The van der Waals surface area contributed by atoms with E-state index >= 15 is 0 Å². The molecule has 2 aromatic rings. The summed E-state index contributed by atoms with van der Waals surface area (Å²) in [5.41, 5.74) is 1.26. The zero-order chi connectivity index (χ0) is 13.9. The van der Waals surface area contributed by atoms with E-state index in [4.69, 9.17) is 0 Å². The SMILES string of the molecule is Brc1cccc(N2CCN(c3ccc(Br)nn3)CC2)c1. The van der Waals surface area contributed by atoms with E-state index in [9.17, 15) is 0 Å². The van der Waals surface area contributed by atoms with Gasteiger partial charge in [0.15, 0.2) is 5.82 Å². The number of halogens is 2. The lowest BCUT2D eigenvalue weighted by Crippen LogP contribution is -2.46. The second kappa shape index (κ2) is 6.10. The van der Waals surface area contributed by atoms with Crippen molar-refractivity contribution < 1.29 is 0 Å². The predicted molar refractivity (Wildman–Crippen MR) is 88.3 cm³/mol. The summed E-state index contributed by atoms with van der Waals surface area (Å²) in [5, 5.41) is 8.27. The molecule has 1 aliphatic rings. The second-order valence-corrected chi connectivity index (χ2v) is 6.40. The third kappa shape index (κ3) is 3.12. The Morgan fingerprint density at radius 3 is 2.25 bits per heavy atom. The van der Waals surface area contributed by atoms with Crippen molar-refractivity contribution in [2.45, 2.75) is 0 Å². The Morgan fingerprint density at radius 2 is 1.60 bits per heavy atom. The number of hydrogen-bond donors (Lipinski definition) is 0. The molecule has 1 aromatic carbocycles. The van der Waals surface area contributed by atoms with Gasteiger partial charge in [-0.15, -0.1) is 10.2 Å². The first kappa shape index (κ1) is 13.8. The fraction of sp³-hybridized carbons (Fsp3) is 0.286. The molecular formula is C14H14Br2N4. The summed E-state index contributed by atoms with van der Waals surface area (Å²) in [5.74, 6) is 0.946. The first-order valence-corrected chi connectivity index (χ1v) is 8.06. The van der Waals surface area contributed by atoms with Crippen LogP contribution in [0, 0.1) is 0 Å². The van der Waals surface area contributed by atoms with Crippen LogP contribution in [0.2, 0.25) is 0 Å². The lowest BCUT2D eigenvalue weighted by atomic mass is 10.2. The summed E-state index contributed by atoms with van der Waals surface area (Å²) in [6.45, 7) is 3.91. The van der Waals surface area contributed by atoms with Crippen LogP contribution in [0.25, 0.3) is 0 Å². The van der Waals surface area contributed by atoms with Crippen LogP contribution in [0.3, 0.4) is 0 Å². The molecule has 1 saturated heterocycles. The van der Waals surface area contributed by atoms with Crippen LogP contribution in [0.5, 0.6) is 0 Å². The minimum atomic E-state index is 0.772. The van der Waals surface area contributed by atoms with Gasteiger partial charge in [0, 0.05) is 36.3 Å². The van der Waals surface area contributed by atoms with E-state index in [1.807, 2.05) is 12.1 Å². The fourth-order valence-corrected chi connectivity index (χ4v) is 2.94. The van der Waals surface area contributed by atoms with Crippen molar-refractivity contribution in [1.82, 2.24) is 10.2 Å². The average Bonchev–Trinajstić information content (AvgIpc) is 2.48. The molecule has 1 aliphatic heterocycles. The molecule has 0 N–H and O–H groups in total. The lowest BCUT2D eigenvalue weighted by molar-refractivity contribution is 0.643. The fourth-order valence-electron chi connectivity index (χ4n) is 2.34. The predicted octanol–water partition coefficient (Wildman–Crippen LogP) is 3.33. The molecule has 0 radical (unpaired) electrons. The van der Waals surface area contributed by atoms with E-state index < -0.39 is 0 Å². The van der Waals surface area contributed by atoms with Crippen molar-refractivity contribution in [3.05, 3.63) is 45.5 Å². The molecule has 2 heterocycles. The van der Waals surface area contributed by atoms with Crippen LogP contribution in [0.4, 0.5) is 11.5 Å². The van der Waals surface area contributed by atoms with Gasteiger partial charge in [-0.3, -0.25) is 0 Å². The zero-order valence-electron chi connectivity index (χ0n) is 10.8. The number of anilines is 2. The zero-order valence-corrected chi connectivity index (χ0v) is 14.0. The van der Waals surface area contributed by atoms with Crippen LogP contribution in [0.15, 0.2) is 45.5 Å². The molecule has 0 amide bonds. The Kier molecular flexibility index (Phi) is 4.21. The van der Waals surface area contributed by atoms with Crippen molar-refractivity contribution >= 4 is 43.4 Å². The third-order valence-corrected chi connectivity index (χ3v) is 4.31. The van der Waals surface area contributed by atoms with Crippen LogP contribution < -0.4 is 9.80 Å². The molecule has 3 rings (SSSR count). The van der Waals surface area contributed by atoms with Gasteiger partial charge in [0.05, 0.1) is 0 Å². The third-order valence-electron chi connectivity index (χ3n) is 3.39. The van der Waals surface area contributed by atoms with Gasteiger partial charge >= 0.3 is 0 Å². The minimum absolute atomic E-state index is 0.772. The van der Waals surface area contributed by atoms with Crippen molar-refractivity contribution in [2.75, 3.05) is 36.0 Å².